The summed E-state index contributed by atoms with van der Waals surface area (Å²) in [5, 5.41) is 6.84. The van der Waals surface area contributed by atoms with Gasteiger partial charge < -0.3 is 25.2 Å². The molecule has 0 bridgehead atoms. The van der Waals surface area contributed by atoms with Crippen LogP contribution in [0.15, 0.2) is 48.7 Å². The number of nitrogens with one attached hydrogen (secondary N) is 2. The van der Waals surface area contributed by atoms with Gasteiger partial charge in [0, 0.05) is 14.1 Å². The number of hydrogen-bond acceptors (Lipinski definition) is 7. The van der Waals surface area contributed by atoms with E-state index in [0.717, 1.165) is 37.4 Å². The molecular formula is C28H35ClN6O2. The average molecular weight is 523 g/mol. The number of benzene rings is 2. The lowest BCUT2D eigenvalue weighted by atomic mass is 9.89. The Balaban J connectivity index is 1.59. The Morgan fingerprint density at radius 3 is 2.54 bits per heavy atom. The number of carbonyl (C=O) groups is 1. The molecular weight excluding hydrogens is 488 g/mol. The Bertz CT molecular complexity index is 1240. The second-order valence-electron chi connectivity index (χ2n) is 9.89. The van der Waals surface area contributed by atoms with E-state index in [9.17, 15) is 4.79 Å². The van der Waals surface area contributed by atoms with Crippen molar-refractivity contribution in [1.29, 1.82) is 0 Å². The number of aromatic nitrogens is 2. The van der Waals surface area contributed by atoms with Gasteiger partial charge in [0.1, 0.15) is 10.8 Å². The van der Waals surface area contributed by atoms with Gasteiger partial charge in [-0.25, -0.2) is 4.98 Å². The summed E-state index contributed by atoms with van der Waals surface area (Å²) in [6.45, 7) is 6.23. The molecule has 196 valence electrons. The van der Waals surface area contributed by atoms with E-state index in [4.69, 9.17) is 16.3 Å². The number of para-hydroxylation sites is 1. The lowest BCUT2D eigenvalue weighted by molar-refractivity contribution is 0.0828. The molecule has 3 aromatic rings. The zero-order valence-corrected chi connectivity index (χ0v) is 22.8. The van der Waals surface area contributed by atoms with Gasteiger partial charge in [0.05, 0.1) is 29.2 Å². The highest BCUT2D eigenvalue weighted by atomic mass is 35.5. The van der Waals surface area contributed by atoms with Gasteiger partial charge in [-0.15, -0.1) is 0 Å². The van der Waals surface area contributed by atoms with Crippen LogP contribution in [0.3, 0.4) is 0 Å². The van der Waals surface area contributed by atoms with Crippen molar-refractivity contribution in [3.05, 3.63) is 64.8 Å². The maximum atomic E-state index is 12.6. The summed E-state index contributed by atoms with van der Waals surface area (Å²) in [7, 11) is 5.60. The predicted molar refractivity (Wildman–Crippen MR) is 150 cm³/mol. The number of halogens is 1. The number of ether oxygens (including phenoxy) is 1. The van der Waals surface area contributed by atoms with Crippen LogP contribution in [0.4, 0.5) is 23.1 Å². The second kappa shape index (κ2) is 11.8. The van der Waals surface area contributed by atoms with E-state index in [1.807, 2.05) is 38.1 Å². The highest BCUT2D eigenvalue weighted by Crippen LogP contribution is 2.36. The number of nitrogens with zero attached hydrogens (tertiary/aromatic N) is 4. The Hall–Kier alpha value is -3.36. The summed E-state index contributed by atoms with van der Waals surface area (Å²) in [5.74, 6) is 1.93. The zero-order chi connectivity index (χ0) is 26.5. The standard InChI is InChI=1S/C28H35ClN6O2/c1-18(2)37-25-16-20(19-12-14-35(5)15-13-19)10-11-24(25)32-28-30-17-22(29)26(33-28)31-23-9-7-6-8-21(23)27(36)34(3)4/h6-11,16-19H,12-15H2,1-5H3,(H2,30,31,32,33). The minimum Gasteiger partial charge on any atom is -0.489 e. The maximum Gasteiger partial charge on any atom is 0.255 e. The van der Waals surface area contributed by atoms with Crippen molar-refractivity contribution in [2.75, 3.05) is 44.9 Å². The van der Waals surface area contributed by atoms with E-state index < -0.39 is 0 Å². The highest BCUT2D eigenvalue weighted by Gasteiger charge is 2.21. The van der Waals surface area contributed by atoms with Crippen LogP contribution in [-0.2, 0) is 0 Å². The smallest absolute Gasteiger partial charge is 0.255 e. The molecule has 0 unspecified atom stereocenters. The zero-order valence-electron chi connectivity index (χ0n) is 22.1. The van der Waals surface area contributed by atoms with Gasteiger partial charge in [-0.1, -0.05) is 29.8 Å². The largest absolute Gasteiger partial charge is 0.489 e. The number of rotatable bonds is 8. The van der Waals surface area contributed by atoms with E-state index in [-0.39, 0.29) is 12.0 Å². The van der Waals surface area contributed by atoms with Crippen LogP contribution in [0.25, 0.3) is 0 Å². The van der Waals surface area contributed by atoms with E-state index in [2.05, 4.69) is 44.7 Å². The summed E-state index contributed by atoms with van der Waals surface area (Å²) in [5.41, 5.74) is 3.20. The summed E-state index contributed by atoms with van der Waals surface area (Å²) in [6.07, 6.45) is 3.82. The molecule has 1 aliphatic rings. The fourth-order valence-corrected chi connectivity index (χ4v) is 4.51. The Labute approximate surface area is 224 Å². The lowest BCUT2D eigenvalue weighted by Gasteiger charge is -2.29. The van der Waals surface area contributed by atoms with Gasteiger partial charge in [0.15, 0.2) is 5.82 Å². The van der Waals surface area contributed by atoms with Gasteiger partial charge in [-0.05, 0) is 82.6 Å². The first-order valence-corrected chi connectivity index (χ1v) is 13.0. The molecule has 2 aromatic carbocycles. The number of carbonyl (C=O) groups excluding carboxylic acids is 1. The van der Waals surface area contributed by atoms with Crippen molar-refractivity contribution < 1.29 is 9.53 Å². The van der Waals surface area contributed by atoms with Gasteiger partial charge in [0.25, 0.3) is 5.91 Å². The van der Waals surface area contributed by atoms with Crippen LogP contribution in [0.1, 0.15) is 48.5 Å². The molecule has 0 spiro atoms. The molecule has 2 N–H and O–H groups in total. The first-order chi connectivity index (χ1) is 17.7. The van der Waals surface area contributed by atoms with Gasteiger partial charge >= 0.3 is 0 Å². The van der Waals surface area contributed by atoms with Crippen molar-refractivity contribution in [3.63, 3.8) is 0 Å². The van der Waals surface area contributed by atoms with Gasteiger partial charge in [0.2, 0.25) is 5.95 Å². The SMILES string of the molecule is CC(C)Oc1cc(C2CCN(C)CC2)ccc1Nc1ncc(Cl)c(Nc2ccccc2C(=O)N(C)C)n1. The molecule has 1 amide bonds. The topological polar surface area (TPSA) is 82.6 Å². The average Bonchev–Trinajstić information content (AvgIpc) is 2.87. The Morgan fingerprint density at radius 2 is 1.84 bits per heavy atom. The lowest BCUT2D eigenvalue weighted by Crippen LogP contribution is -2.29. The molecule has 1 aromatic heterocycles. The molecule has 1 fully saturated rings. The number of piperidine rings is 1. The van der Waals surface area contributed by atoms with Crippen LogP contribution in [0, 0.1) is 0 Å². The van der Waals surface area contributed by atoms with Crippen molar-refractivity contribution in [2.24, 2.45) is 0 Å². The second-order valence-corrected chi connectivity index (χ2v) is 10.3. The molecule has 1 saturated heterocycles. The Morgan fingerprint density at radius 1 is 1.11 bits per heavy atom. The van der Waals surface area contributed by atoms with Crippen LogP contribution in [-0.4, -0.2) is 66.0 Å². The number of likely N-dealkylation sites (tertiary alicyclic amines) is 1. The predicted octanol–water partition coefficient (Wildman–Crippen LogP) is 5.92. The van der Waals surface area contributed by atoms with E-state index in [1.54, 1.807) is 20.2 Å². The summed E-state index contributed by atoms with van der Waals surface area (Å²) < 4.78 is 6.17. The van der Waals surface area contributed by atoms with E-state index in [0.29, 0.717) is 34.0 Å². The maximum absolute atomic E-state index is 12.6. The van der Waals surface area contributed by atoms with Gasteiger partial charge in [-0.3, -0.25) is 4.79 Å². The third kappa shape index (κ3) is 6.70. The first-order valence-electron chi connectivity index (χ1n) is 12.6. The van der Waals surface area contributed by atoms with Crippen LogP contribution in [0.5, 0.6) is 5.75 Å². The van der Waals surface area contributed by atoms with E-state index >= 15 is 0 Å². The third-order valence-corrected chi connectivity index (χ3v) is 6.64. The van der Waals surface area contributed by atoms with E-state index in [1.165, 1.54) is 16.7 Å². The number of amides is 1. The molecule has 37 heavy (non-hydrogen) atoms. The van der Waals surface area contributed by atoms with Crippen molar-refractivity contribution >= 4 is 40.6 Å². The van der Waals surface area contributed by atoms with Crippen LogP contribution < -0.4 is 15.4 Å². The van der Waals surface area contributed by atoms with Crippen LogP contribution >= 0.6 is 11.6 Å². The highest BCUT2D eigenvalue weighted by molar-refractivity contribution is 6.33. The molecule has 9 heteroatoms. The molecule has 2 heterocycles. The Kier molecular flexibility index (Phi) is 8.51. The van der Waals surface area contributed by atoms with Crippen molar-refractivity contribution in [3.8, 4) is 5.75 Å². The first kappa shape index (κ1) is 26.7. The third-order valence-electron chi connectivity index (χ3n) is 6.37. The molecule has 0 atom stereocenters. The molecule has 0 radical (unpaired) electrons. The normalized spacial score (nSPS) is 14.5. The summed E-state index contributed by atoms with van der Waals surface area (Å²) in [6, 6.07) is 13.6. The van der Waals surface area contributed by atoms with Crippen molar-refractivity contribution in [1.82, 2.24) is 19.8 Å². The monoisotopic (exact) mass is 522 g/mol. The minimum absolute atomic E-state index is 0.0161. The summed E-state index contributed by atoms with van der Waals surface area (Å²) >= 11 is 6.42. The number of anilines is 4. The van der Waals surface area contributed by atoms with Gasteiger partial charge in [-0.2, -0.15) is 4.98 Å². The van der Waals surface area contributed by atoms with Crippen LogP contribution in [0.2, 0.25) is 5.02 Å². The molecule has 1 aliphatic heterocycles. The molecule has 4 rings (SSSR count). The van der Waals surface area contributed by atoms with Crippen molar-refractivity contribution in [2.45, 2.75) is 38.7 Å². The molecule has 0 aliphatic carbocycles. The quantitative estimate of drug-likeness (QED) is 0.380. The fraction of sp³-hybridized carbons (Fsp3) is 0.393. The summed E-state index contributed by atoms with van der Waals surface area (Å²) in [4.78, 5) is 25.5. The minimum atomic E-state index is -0.119. The molecule has 0 saturated carbocycles. The number of hydrogen-bond donors (Lipinski definition) is 2. The molecule has 8 nitrogen and oxygen atoms in total. The fourth-order valence-electron chi connectivity index (χ4n) is 4.37.